The molecular formula is C16H15NO5S. The number of thiophene rings is 1. The van der Waals surface area contributed by atoms with E-state index in [0.29, 0.717) is 18.0 Å². The number of para-hydroxylation sites is 2. The molecule has 7 heteroatoms. The largest absolute Gasteiger partial charge is 0.485 e. The maximum Gasteiger partial charge on any atom is 0.351 e. The highest BCUT2D eigenvalue weighted by Crippen LogP contribution is 2.31. The molecule has 1 N–H and O–H groups in total. The molecule has 0 saturated heterocycles. The van der Waals surface area contributed by atoms with Crippen LogP contribution in [0.25, 0.3) is 0 Å². The fourth-order valence-electron chi connectivity index (χ4n) is 2.02. The van der Waals surface area contributed by atoms with Gasteiger partial charge in [0, 0.05) is 4.88 Å². The molecular weight excluding hydrogens is 318 g/mol. The van der Waals surface area contributed by atoms with Gasteiger partial charge >= 0.3 is 5.97 Å². The number of benzene rings is 1. The van der Waals surface area contributed by atoms with Crippen molar-refractivity contribution in [3.05, 3.63) is 46.7 Å². The molecule has 0 radical (unpaired) electrons. The van der Waals surface area contributed by atoms with Crippen LogP contribution in [-0.2, 0) is 20.9 Å². The summed E-state index contributed by atoms with van der Waals surface area (Å²) in [4.78, 5) is 24.6. The van der Waals surface area contributed by atoms with Gasteiger partial charge in [-0.25, -0.2) is 4.79 Å². The van der Waals surface area contributed by atoms with E-state index in [4.69, 9.17) is 14.2 Å². The smallest absolute Gasteiger partial charge is 0.351 e. The lowest BCUT2D eigenvalue weighted by Gasteiger charge is -2.24. The first-order chi connectivity index (χ1) is 11.2. The highest BCUT2D eigenvalue weighted by molar-refractivity contribution is 7.09. The Morgan fingerprint density at radius 1 is 1.22 bits per heavy atom. The van der Waals surface area contributed by atoms with Crippen molar-refractivity contribution in [2.75, 3.05) is 13.2 Å². The SMILES string of the molecule is O=C(COC(=O)[C@@H]1COc2ccccc2O1)NCc1cccs1. The van der Waals surface area contributed by atoms with Gasteiger partial charge in [-0.15, -0.1) is 11.3 Å². The molecule has 0 fully saturated rings. The average molecular weight is 333 g/mol. The minimum Gasteiger partial charge on any atom is -0.485 e. The molecule has 1 aliphatic heterocycles. The number of esters is 1. The second-order valence-electron chi connectivity index (χ2n) is 4.83. The Morgan fingerprint density at radius 2 is 2.04 bits per heavy atom. The van der Waals surface area contributed by atoms with Crippen molar-refractivity contribution in [1.82, 2.24) is 5.32 Å². The molecule has 2 aromatic rings. The zero-order valence-electron chi connectivity index (χ0n) is 12.2. The minimum absolute atomic E-state index is 0.0622. The van der Waals surface area contributed by atoms with Crippen LogP contribution < -0.4 is 14.8 Å². The number of ether oxygens (including phenoxy) is 3. The summed E-state index contributed by atoms with van der Waals surface area (Å²) in [5, 5.41) is 4.61. The monoisotopic (exact) mass is 333 g/mol. The maximum atomic E-state index is 11.9. The Labute approximate surface area is 137 Å². The van der Waals surface area contributed by atoms with Gasteiger partial charge in [-0.3, -0.25) is 4.79 Å². The van der Waals surface area contributed by atoms with Crippen LogP contribution >= 0.6 is 11.3 Å². The van der Waals surface area contributed by atoms with Crippen molar-refractivity contribution < 1.29 is 23.8 Å². The first kappa shape index (κ1) is 15.4. The summed E-state index contributed by atoms with van der Waals surface area (Å²) >= 11 is 1.55. The van der Waals surface area contributed by atoms with Gasteiger partial charge in [0.1, 0.15) is 6.61 Å². The third-order valence-electron chi connectivity index (χ3n) is 3.16. The standard InChI is InChI=1S/C16H15NO5S/c18-15(17-8-11-4-3-7-23-11)10-21-16(19)14-9-20-12-5-1-2-6-13(12)22-14/h1-7,14H,8-10H2,(H,17,18)/t14-/m0/s1. The number of hydrogen-bond acceptors (Lipinski definition) is 6. The van der Waals surface area contributed by atoms with E-state index in [0.717, 1.165) is 4.88 Å². The third kappa shape index (κ3) is 4.01. The molecule has 2 heterocycles. The van der Waals surface area contributed by atoms with Crippen LogP contribution in [0, 0.1) is 0 Å². The van der Waals surface area contributed by atoms with Crippen molar-refractivity contribution in [2.45, 2.75) is 12.6 Å². The highest BCUT2D eigenvalue weighted by atomic mass is 32.1. The molecule has 0 bridgehead atoms. The van der Waals surface area contributed by atoms with E-state index in [-0.39, 0.29) is 19.1 Å². The van der Waals surface area contributed by atoms with Gasteiger partial charge in [-0.05, 0) is 23.6 Å². The van der Waals surface area contributed by atoms with Crippen LogP contribution in [0.3, 0.4) is 0 Å². The molecule has 0 saturated carbocycles. The molecule has 0 aliphatic carbocycles. The number of carbonyl (C=O) groups is 2. The van der Waals surface area contributed by atoms with Gasteiger partial charge in [-0.2, -0.15) is 0 Å². The number of hydrogen-bond donors (Lipinski definition) is 1. The summed E-state index contributed by atoms with van der Waals surface area (Å²) in [7, 11) is 0. The second-order valence-corrected chi connectivity index (χ2v) is 5.86. The van der Waals surface area contributed by atoms with E-state index in [1.165, 1.54) is 0 Å². The second kappa shape index (κ2) is 7.15. The number of rotatable bonds is 5. The van der Waals surface area contributed by atoms with Gasteiger partial charge in [0.2, 0.25) is 6.10 Å². The number of amides is 1. The molecule has 23 heavy (non-hydrogen) atoms. The first-order valence-electron chi connectivity index (χ1n) is 7.06. The quantitative estimate of drug-likeness (QED) is 0.844. The molecule has 1 amide bonds. The summed E-state index contributed by atoms with van der Waals surface area (Å²) in [6, 6.07) is 10.9. The van der Waals surface area contributed by atoms with E-state index in [1.54, 1.807) is 29.5 Å². The van der Waals surface area contributed by atoms with Crippen LogP contribution in [0.5, 0.6) is 11.5 Å². The van der Waals surface area contributed by atoms with Crippen LogP contribution in [0.1, 0.15) is 4.88 Å². The van der Waals surface area contributed by atoms with Crippen LogP contribution in [0.4, 0.5) is 0 Å². The van der Waals surface area contributed by atoms with Crippen LogP contribution in [0.2, 0.25) is 0 Å². The predicted molar refractivity (Wildman–Crippen MR) is 83.5 cm³/mol. The van der Waals surface area contributed by atoms with Gasteiger partial charge in [0.25, 0.3) is 5.91 Å². The number of fused-ring (bicyclic) bond motifs is 1. The molecule has 0 spiro atoms. The highest BCUT2D eigenvalue weighted by Gasteiger charge is 2.29. The van der Waals surface area contributed by atoms with Crippen molar-refractivity contribution >= 4 is 23.2 Å². The Morgan fingerprint density at radius 3 is 2.83 bits per heavy atom. The zero-order chi connectivity index (χ0) is 16.1. The normalized spacial score (nSPS) is 15.7. The predicted octanol–water partition coefficient (Wildman–Crippen LogP) is 1.75. The van der Waals surface area contributed by atoms with Gasteiger partial charge in [0.15, 0.2) is 18.1 Å². The van der Waals surface area contributed by atoms with Crippen molar-refractivity contribution in [3.63, 3.8) is 0 Å². The Kier molecular flexibility index (Phi) is 4.77. The topological polar surface area (TPSA) is 73.9 Å². The lowest BCUT2D eigenvalue weighted by atomic mass is 10.2. The molecule has 1 aromatic carbocycles. The van der Waals surface area contributed by atoms with E-state index >= 15 is 0 Å². The fraction of sp³-hybridized carbons (Fsp3) is 0.250. The van der Waals surface area contributed by atoms with E-state index in [2.05, 4.69) is 5.32 Å². The Hall–Kier alpha value is -2.54. The maximum absolute atomic E-state index is 11.9. The molecule has 3 rings (SSSR count). The summed E-state index contributed by atoms with van der Waals surface area (Å²) in [6.45, 7) is 0.142. The Balaban J connectivity index is 1.44. The molecule has 6 nitrogen and oxygen atoms in total. The molecule has 1 aromatic heterocycles. The van der Waals surface area contributed by atoms with Gasteiger partial charge < -0.3 is 19.5 Å². The summed E-state index contributed by atoms with van der Waals surface area (Å²) < 4.78 is 15.9. The first-order valence-corrected chi connectivity index (χ1v) is 7.94. The Bertz CT molecular complexity index is 686. The van der Waals surface area contributed by atoms with E-state index in [1.807, 2.05) is 23.6 Å². The fourth-order valence-corrected chi connectivity index (χ4v) is 2.66. The van der Waals surface area contributed by atoms with Crippen molar-refractivity contribution in [1.29, 1.82) is 0 Å². The average Bonchev–Trinajstić information content (AvgIpc) is 3.11. The van der Waals surface area contributed by atoms with Crippen molar-refractivity contribution in [3.8, 4) is 11.5 Å². The molecule has 1 aliphatic rings. The lowest BCUT2D eigenvalue weighted by molar-refractivity contribution is -0.157. The molecule has 120 valence electrons. The molecule has 1 atom stereocenters. The summed E-state index contributed by atoms with van der Waals surface area (Å²) in [6.07, 6.45) is -0.866. The van der Waals surface area contributed by atoms with Crippen LogP contribution in [0.15, 0.2) is 41.8 Å². The molecule has 0 unspecified atom stereocenters. The van der Waals surface area contributed by atoms with Crippen molar-refractivity contribution in [2.24, 2.45) is 0 Å². The van der Waals surface area contributed by atoms with Gasteiger partial charge in [0.05, 0.1) is 6.54 Å². The van der Waals surface area contributed by atoms with Crippen LogP contribution in [-0.4, -0.2) is 31.2 Å². The minimum atomic E-state index is -0.866. The summed E-state index contributed by atoms with van der Waals surface area (Å²) in [5.74, 6) is 0.0998. The zero-order valence-corrected chi connectivity index (χ0v) is 13.0. The van der Waals surface area contributed by atoms with E-state index in [9.17, 15) is 9.59 Å². The lowest BCUT2D eigenvalue weighted by Crippen LogP contribution is -2.39. The number of nitrogens with one attached hydrogen (secondary N) is 1. The number of carbonyl (C=O) groups excluding carboxylic acids is 2. The van der Waals surface area contributed by atoms with Gasteiger partial charge in [-0.1, -0.05) is 18.2 Å². The van der Waals surface area contributed by atoms with E-state index < -0.39 is 12.1 Å². The summed E-state index contributed by atoms with van der Waals surface area (Å²) in [5.41, 5.74) is 0. The third-order valence-corrected chi connectivity index (χ3v) is 4.03.